The van der Waals surface area contributed by atoms with Gasteiger partial charge < -0.3 is 20.2 Å². The Morgan fingerprint density at radius 2 is 1.05 bits per heavy atom. The maximum absolute atomic E-state index is 12.7. The number of benzene rings is 6. The van der Waals surface area contributed by atoms with E-state index in [-0.39, 0.29) is 73.2 Å². The molecule has 22 heteroatoms. The molecule has 8 bridgehead atoms. The summed E-state index contributed by atoms with van der Waals surface area (Å²) < 4.78 is 105. The number of phenolic OH excluding ortho intramolecular Hbond substituents is 1. The molecule has 19 nitrogen and oxygen atoms in total. The standard InChI is InChI=1S/C60H44N8O11S3/c1-59-23-21-40-39-17-11-35(69)27-33(39)10-16-41(40)50(59)22-24-60(59,70)34-8-4-7-31(25-34)5-2-3-6-32-9-15-42-46(26-32)55-61-51(42)63-56-48-29-37(81(74,75)76)13-19-44(48)53(65-56)67-58-49-30-38(82(77,78)79)14-20-45(49)54(68-58)66-57-47-28-36(80(71,72)73)12-18-43(47)52(62-55)64-57/h4,7-9,11-15,17-20,25-30,40-41,50,69-70H,10,16,21-24H2,1H3,(H,71,72,73)(H,74,75,76)(H,77,78,79)(H2,61,62,63,64,65,66,67,68)/t40-,41-,50+,59+,60+/m1/s1. The highest BCUT2D eigenvalue weighted by molar-refractivity contribution is 7.86. The summed E-state index contributed by atoms with van der Waals surface area (Å²) in [7, 11) is -14.2. The molecule has 0 radical (unpaired) electrons. The zero-order chi connectivity index (χ0) is 56.8. The van der Waals surface area contributed by atoms with Gasteiger partial charge in [-0.05, 0) is 182 Å². The van der Waals surface area contributed by atoms with Gasteiger partial charge in [0.2, 0.25) is 0 Å². The van der Waals surface area contributed by atoms with Crippen LogP contribution >= 0.6 is 0 Å². The van der Waals surface area contributed by atoms with Crippen molar-refractivity contribution in [2.24, 2.45) is 17.3 Å². The van der Waals surface area contributed by atoms with Crippen molar-refractivity contribution in [3.05, 3.63) is 143 Å². The van der Waals surface area contributed by atoms with Crippen LogP contribution in [0.2, 0.25) is 0 Å². The summed E-state index contributed by atoms with van der Waals surface area (Å²) in [5, 5.41) is 23.9. The Balaban J connectivity index is 0.880. The SMILES string of the molecule is C[C@]12CC[C@@H]3c4ccc(O)cc4CC[C@H]3[C@@H]1CC[C@]2(O)c1cccc(C#CC#Cc2ccc3c(c2)-c2nc-3nc3[nH]c(nc4nc(nc5[nH]c(n2)c2ccc(S(=O)(=O)O)cc52)-c2ccc(S(=O)(=O)O)cc2-4)c2ccc(S(=O)(=O)O)cc32)c1. The summed E-state index contributed by atoms with van der Waals surface area (Å²) >= 11 is 0. The number of aromatic nitrogens is 8. The van der Waals surface area contributed by atoms with Gasteiger partial charge in [-0.25, -0.2) is 29.9 Å². The Labute approximate surface area is 467 Å². The first-order chi connectivity index (χ1) is 39.1. The van der Waals surface area contributed by atoms with Gasteiger partial charge in [0, 0.05) is 60.3 Å². The number of H-pyrrole nitrogens is 2. The number of phenols is 1. The zero-order valence-corrected chi connectivity index (χ0v) is 45.5. The Morgan fingerprint density at radius 1 is 0.524 bits per heavy atom. The van der Waals surface area contributed by atoms with E-state index >= 15 is 0 Å². The predicted molar refractivity (Wildman–Crippen MR) is 302 cm³/mol. The van der Waals surface area contributed by atoms with Gasteiger partial charge in [-0.1, -0.05) is 37.0 Å². The Hall–Kier alpha value is -8.71. The number of aromatic amines is 2. The quantitative estimate of drug-likeness (QED) is 0.0637. The molecule has 5 heterocycles. The molecule has 3 aliphatic carbocycles. The molecule has 14 rings (SSSR count). The molecular formula is C60H44N8O11S3. The summed E-state index contributed by atoms with van der Waals surface area (Å²) in [6.45, 7) is 2.26. The van der Waals surface area contributed by atoms with Crippen molar-refractivity contribution in [1.82, 2.24) is 39.9 Å². The third-order valence-corrected chi connectivity index (χ3v) is 19.9. The van der Waals surface area contributed by atoms with Gasteiger partial charge in [-0.15, -0.1) is 0 Å². The Bertz CT molecular complexity index is 5000. The van der Waals surface area contributed by atoms with Crippen LogP contribution in [0.1, 0.15) is 72.8 Å². The molecule has 0 amide bonds. The van der Waals surface area contributed by atoms with E-state index in [1.807, 2.05) is 30.3 Å². The lowest BCUT2D eigenvalue weighted by molar-refractivity contribution is -0.108. The lowest BCUT2D eigenvalue weighted by Gasteiger charge is -2.53. The number of fused-ring (bicyclic) bond motifs is 25. The van der Waals surface area contributed by atoms with Crippen LogP contribution in [0.5, 0.6) is 5.75 Å². The van der Waals surface area contributed by atoms with Crippen LogP contribution in [0.3, 0.4) is 0 Å². The minimum absolute atomic E-state index is 0.0231. The number of nitrogens with one attached hydrogen (secondary N) is 2. The predicted octanol–water partition coefficient (Wildman–Crippen LogP) is 9.46. The van der Waals surface area contributed by atoms with E-state index in [1.165, 1.54) is 53.6 Å². The molecule has 2 fully saturated rings. The number of rotatable bonds is 4. The molecule has 7 N–H and O–H groups in total. The fourth-order valence-corrected chi connectivity index (χ4v) is 14.9. The van der Waals surface area contributed by atoms with Crippen molar-refractivity contribution in [1.29, 1.82) is 0 Å². The lowest BCUT2D eigenvalue weighted by atomic mass is 9.52. The number of hydrogen-bond acceptors (Lipinski definition) is 14. The first kappa shape index (κ1) is 51.4. The molecule has 82 heavy (non-hydrogen) atoms. The zero-order valence-electron chi connectivity index (χ0n) is 43.0. The number of nitrogens with zero attached hydrogens (tertiary/aromatic N) is 6. The van der Waals surface area contributed by atoms with Gasteiger partial charge in [0.1, 0.15) is 28.3 Å². The molecule has 5 atom stereocenters. The van der Waals surface area contributed by atoms with Crippen molar-refractivity contribution in [2.75, 3.05) is 0 Å². The average Bonchev–Trinajstić information content (AvgIpc) is 1.88. The third kappa shape index (κ3) is 8.36. The van der Waals surface area contributed by atoms with E-state index in [4.69, 9.17) is 24.9 Å². The summed E-state index contributed by atoms with van der Waals surface area (Å²) in [4.78, 5) is 33.8. The van der Waals surface area contributed by atoms with Crippen molar-refractivity contribution < 1.29 is 49.1 Å². The molecular weight excluding hydrogens is 1100 g/mol. The molecule has 9 aromatic rings. The van der Waals surface area contributed by atoms with Gasteiger partial charge in [0.25, 0.3) is 30.4 Å². The van der Waals surface area contributed by atoms with Crippen LogP contribution in [-0.4, -0.2) is 89.0 Å². The number of aryl methyl sites for hydroxylation is 1. The lowest BCUT2D eigenvalue weighted by Crippen LogP contribution is -2.49. The molecule has 0 unspecified atom stereocenters. The third-order valence-electron chi connectivity index (χ3n) is 17.3. The average molecular weight is 1150 g/mol. The maximum Gasteiger partial charge on any atom is 0.294 e. The molecule has 6 aromatic carbocycles. The minimum atomic E-state index is -4.74. The monoisotopic (exact) mass is 1150 g/mol. The highest BCUT2D eigenvalue weighted by Crippen LogP contribution is 2.67. The second kappa shape index (κ2) is 18.1. The van der Waals surface area contributed by atoms with Crippen LogP contribution in [0.25, 0.3) is 89.7 Å². The van der Waals surface area contributed by atoms with E-state index < -0.39 is 50.6 Å². The number of aliphatic hydroxyl groups is 1. The Morgan fingerprint density at radius 3 is 1.65 bits per heavy atom. The molecule has 3 aromatic heterocycles. The summed E-state index contributed by atoms with van der Waals surface area (Å²) in [6, 6.07) is 30.0. The van der Waals surface area contributed by atoms with Crippen LogP contribution in [0, 0.1) is 40.9 Å². The second-order valence-electron chi connectivity index (χ2n) is 21.7. The van der Waals surface area contributed by atoms with Crippen molar-refractivity contribution in [3.8, 4) is 75.0 Å². The summed E-state index contributed by atoms with van der Waals surface area (Å²) in [6.07, 6.45) is 5.35. The normalized spacial score (nSPS) is 20.8. The van der Waals surface area contributed by atoms with Crippen LogP contribution in [0.15, 0.2) is 130 Å². The van der Waals surface area contributed by atoms with E-state index in [1.54, 1.807) is 24.3 Å². The van der Waals surface area contributed by atoms with Crippen molar-refractivity contribution >= 4 is 74.5 Å². The van der Waals surface area contributed by atoms with Gasteiger partial charge in [-0.3, -0.25) is 13.7 Å². The number of aromatic hydroxyl groups is 1. The van der Waals surface area contributed by atoms with Crippen molar-refractivity contribution in [2.45, 2.75) is 71.7 Å². The smallest absolute Gasteiger partial charge is 0.294 e. The molecule has 408 valence electrons. The minimum Gasteiger partial charge on any atom is -0.508 e. The summed E-state index contributed by atoms with van der Waals surface area (Å²) in [5.41, 5.74) is 4.79. The largest absolute Gasteiger partial charge is 0.508 e. The molecule has 0 spiro atoms. The van der Waals surface area contributed by atoms with Crippen LogP contribution < -0.4 is 0 Å². The van der Waals surface area contributed by atoms with Gasteiger partial charge in [0.05, 0.1) is 20.3 Å². The topological polar surface area (TPSA) is 312 Å². The molecule has 2 aliphatic heterocycles. The van der Waals surface area contributed by atoms with Gasteiger partial charge >= 0.3 is 0 Å². The molecule has 2 saturated carbocycles. The summed E-state index contributed by atoms with van der Waals surface area (Å²) in [5.74, 6) is 13.8. The Kier molecular flexibility index (Phi) is 11.4. The van der Waals surface area contributed by atoms with E-state index in [0.29, 0.717) is 63.0 Å². The van der Waals surface area contributed by atoms with Crippen LogP contribution in [0.4, 0.5) is 0 Å². The first-order valence-electron chi connectivity index (χ1n) is 26.1. The van der Waals surface area contributed by atoms with Crippen molar-refractivity contribution in [3.63, 3.8) is 0 Å². The highest BCUT2D eigenvalue weighted by Gasteiger charge is 2.62. The fourth-order valence-electron chi connectivity index (χ4n) is 13.4. The number of hydrogen-bond donors (Lipinski definition) is 7. The highest BCUT2D eigenvalue weighted by atomic mass is 32.2. The maximum atomic E-state index is 12.7. The second-order valence-corrected chi connectivity index (χ2v) is 25.9. The van der Waals surface area contributed by atoms with Gasteiger partial charge in [0.15, 0.2) is 23.3 Å². The van der Waals surface area contributed by atoms with Crippen LogP contribution in [-0.2, 0) is 42.4 Å². The van der Waals surface area contributed by atoms with E-state index in [0.717, 1.165) is 49.8 Å². The van der Waals surface area contributed by atoms with Gasteiger partial charge in [-0.2, -0.15) is 25.3 Å². The van der Waals surface area contributed by atoms with E-state index in [9.17, 15) is 49.1 Å². The first-order valence-corrected chi connectivity index (χ1v) is 30.4. The molecule has 5 aliphatic rings. The fraction of sp³-hybridized carbons (Fsp3) is 0.200. The van der Waals surface area contributed by atoms with E-state index in [2.05, 4.69) is 51.6 Å². The molecule has 0 saturated heterocycles.